The molecule has 1 N–H and O–H groups in total. The predicted molar refractivity (Wildman–Crippen MR) is 72.0 cm³/mol. The van der Waals surface area contributed by atoms with Crippen LogP contribution < -0.4 is 4.90 Å². The van der Waals surface area contributed by atoms with Crippen molar-refractivity contribution in [2.75, 3.05) is 31.2 Å². The van der Waals surface area contributed by atoms with Crippen molar-refractivity contribution in [2.24, 2.45) is 0 Å². The van der Waals surface area contributed by atoms with E-state index in [0.29, 0.717) is 12.2 Å². The highest BCUT2D eigenvalue weighted by Crippen LogP contribution is 2.21. The molecule has 1 aromatic rings. The van der Waals surface area contributed by atoms with Crippen LogP contribution in [0.25, 0.3) is 0 Å². The summed E-state index contributed by atoms with van der Waals surface area (Å²) in [5.41, 5.74) is 1.52. The van der Waals surface area contributed by atoms with Crippen LogP contribution in [0, 0.1) is 18.3 Å². The Labute approximate surface area is 113 Å². The third-order valence-electron chi connectivity index (χ3n) is 3.28. The lowest BCUT2D eigenvalue weighted by atomic mass is 10.1. The Bertz CT molecular complexity index is 462. The summed E-state index contributed by atoms with van der Waals surface area (Å²) in [6, 6.07) is 5.79. The quantitative estimate of drug-likeness (QED) is 0.883. The molecule has 0 saturated carbocycles. The number of nitrogens with zero attached hydrogens (tertiary/aromatic N) is 3. The highest BCUT2D eigenvalue weighted by atomic mass is 16.5. The molecular weight excluding hydrogens is 242 g/mol. The molecule has 1 aromatic heterocycles. The Morgan fingerprint density at radius 3 is 2.84 bits per heavy atom. The first-order valence-electron chi connectivity index (χ1n) is 6.59. The van der Waals surface area contributed by atoms with Gasteiger partial charge < -0.3 is 14.7 Å². The number of ether oxygens (including phenoxy) is 1. The van der Waals surface area contributed by atoms with Crippen molar-refractivity contribution in [3.63, 3.8) is 0 Å². The average Bonchev–Trinajstić information content (AvgIpc) is 2.45. The molecule has 2 heterocycles. The molecule has 1 aliphatic rings. The number of anilines is 1. The van der Waals surface area contributed by atoms with Gasteiger partial charge in [-0.05, 0) is 31.9 Å². The fraction of sp³-hybridized carbons (Fsp3) is 0.571. The Kier molecular flexibility index (Phi) is 4.72. The third-order valence-corrected chi connectivity index (χ3v) is 3.28. The van der Waals surface area contributed by atoms with E-state index in [1.807, 2.05) is 13.0 Å². The first kappa shape index (κ1) is 13.8. The lowest BCUT2D eigenvalue weighted by Gasteiger charge is -2.32. The van der Waals surface area contributed by atoms with Crippen LogP contribution in [0.1, 0.15) is 24.1 Å². The number of aliphatic hydroxyl groups excluding tert-OH is 1. The number of aromatic nitrogens is 1. The van der Waals surface area contributed by atoms with E-state index >= 15 is 0 Å². The van der Waals surface area contributed by atoms with Crippen molar-refractivity contribution in [3.05, 3.63) is 23.4 Å². The van der Waals surface area contributed by atoms with Crippen molar-refractivity contribution in [3.8, 4) is 6.07 Å². The van der Waals surface area contributed by atoms with Gasteiger partial charge in [0.1, 0.15) is 5.82 Å². The number of pyridine rings is 1. The fourth-order valence-corrected chi connectivity index (χ4v) is 2.35. The molecule has 0 aliphatic carbocycles. The zero-order valence-electron chi connectivity index (χ0n) is 11.2. The van der Waals surface area contributed by atoms with E-state index < -0.39 is 0 Å². The van der Waals surface area contributed by atoms with E-state index in [4.69, 9.17) is 15.1 Å². The second-order valence-corrected chi connectivity index (χ2v) is 4.75. The number of nitriles is 1. The van der Waals surface area contributed by atoms with Gasteiger partial charge in [-0.3, -0.25) is 0 Å². The van der Waals surface area contributed by atoms with Gasteiger partial charge >= 0.3 is 0 Å². The van der Waals surface area contributed by atoms with E-state index in [-0.39, 0.29) is 12.7 Å². The number of piperidine rings is 1. The van der Waals surface area contributed by atoms with Crippen LogP contribution in [0.15, 0.2) is 12.1 Å². The van der Waals surface area contributed by atoms with E-state index in [1.165, 1.54) is 0 Å². The predicted octanol–water partition coefficient (Wildman–Crippen LogP) is 1.24. The molecule has 102 valence electrons. The van der Waals surface area contributed by atoms with Crippen LogP contribution in [-0.4, -0.2) is 42.5 Å². The van der Waals surface area contributed by atoms with Gasteiger partial charge in [-0.15, -0.1) is 0 Å². The van der Waals surface area contributed by atoms with Crippen molar-refractivity contribution in [1.82, 2.24) is 4.98 Å². The van der Waals surface area contributed by atoms with Gasteiger partial charge in [0.25, 0.3) is 0 Å². The molecule has 0 aromatic carbocycles. The van der Waals surface area contributed by atoms with Gasteiger partial charge in [0, 0.05) is 18.8 Å². The molecule has 0 amide bonds. The molecule has 5 nitrogen and oxygen atoms in total. The summed E-state index contributed by atoms with van der Waals surface area (Å²) in [5, 5.41) is 17.7. The lowest BCUT2D eigenvalue weighted by Crippen LogP contribution is -2.37. The molecule has 2 rings (SSSR count). The second kappa shape index (κ2) is 6.50. The SMILES string of the molecule is Cc1cc(C#N)cc(N2CCC(OCCO)CC2)n1. The second-order valence-electron chi connectivity index (χ2n) is 4.75. The van der Waals surface area contributed by atoms with E-state index in [1.54, 1.807) is 6.07 Å². The van der Waals surface area contributed by atoms with Crippen LogP contribution in [0.3, 0.4) is 0 Å². The van der Waals surface area contributed by atoms with Crippen LogP contribution in [-0.2, 0) is 4.74 Å². The topological polar surface area (TPSA) is 69.4 Å². The normalized spacial score (nSPS) is 16.4. The summed E-state index contributed by atoms with van der Waals surface area (Å²) in [5.74, 6) is 0.872. The summed E-state index contributed by atoms with van der Waals surface area (Å²) >= 11 is 0. The van der Waals surface area contributed by atoms with Crippen LogP contribution in [0.4, 0.5) is 5.82 Å². The number of aliphatic hydroxyl groups is 1. The molecular formula is C14H19N3O2. The minimum absolute atomic E-state index is 0.0746. The summed E-state index contributed by atoms with van der Waals surface area (Å²) in [6.07, 6.45) is 2.08. The molecule has 1 saturated heterocycles. The zero-order chi connectivity index (χ0) is 13.7. The van der Waals surface area contributed by atoms with Gasteiger partial charge in [0.2, 0.25) is 0 Å². The number of hydrogen-bond donors (Lipinski definition) is 1. The van der Waals surface area contributed by atoms with Gasteiger partial charge in [0.05, 0.1) is 31.0 Å². The lowest BCUT2D eigenvalue weighted by molar-refractivity contribution is 0.0158. The van der Waals surface area contributed by atoms with Gasteiger partial charge in [-0.1, -0.05) is 0 Å². The van der Waals surface area contributed by atoms with Crippen LogP contribution >= 0.6 is 0 Å². The first-order valence-corrected chi connectivity index (χ1v) is 6.59. The summed E-state index contributed by atoms with van der Waals surface area (Å²) in [6.45, 7) is 4.13. The minimum Gasteiger partial charge on any atom is -0.394 e. The largest absolute Gasteiger partial charge is 0.394 e. The number of hydrogen-bond acceptors (Lipinski definition) is 5. The van der Waals surface area contributed by atoms with Crippen molar-refractivity contribution in [2.45, 2.75) is 25.9 Å². The van der Waals surface area contributed by atoms with Gasteiger partial charge in [0.15, 0.2) is 0 Å². The molecule has 1 fully saturated rings. The van der Waals surface area contributed by atoms with Gasteiger partial charge in [-0.25, -0.2) is 4.98 Å². The van der Waals surface area contributed by atoms with Crippen molar-refractivity contribution >= 4 is 5.82 Å². The standard InChI is InChI=1S/C14H19N3O2/c1-11-8-12(10-15)9-14(16-11)17-4-2-13(3-5-17)19-7-6-18/h8-9,13,18H,2-7H2,1H3. The zero-order valence-corrected chi connectivity index (χ0v) is 11.2. The van der Waals surface area contributed by atoms with E-state index in [9.17, 15) is 0 Å². The maximum absolute atomic E-state index is 8.98. The third kappa shape index (κ3) is 3.66. The first-order chi connectivity index (χ1) is 9.22. The maximum atomic E-state index is 8.98. The minimum atomic E-state index is 0.0746. The molecule has 1 aliphatic heterocycles. The molecule has 5 heteroatoms. The highest BCUT2D eigenvalue weighted by molar-refractivity contribution is 5.46. The molecule has 0 unspecified atom stereocenters. The Hall–Kier alpha value is -1.64. The average molecular weight is 261 g/mol. The van der Waals surface area contributed by atoms with Crippen molar-refractivity contribution < 1.29 is 9.84 Å². The highest BCUT2D eigenvalue weighted by Gasteiger charge is 2.20. The fourth-order valence-electron chi connectivity index (χ4n) is 2.35. The van der Waals surface area contributed by atoms with Crippen molar-refractivity contribution in [1.29, 1.82) is 5.26 Å². The van der Waals surface area contributed by atoms with E-state index in [0.717, 1.165) is 37.4 Å². The summed E-state index contributed by atoms with van der Waals surface area (Å²) in [4.78, 5) is 6.67. The Morgan fingerprint density at radius 1 is 1.47 bits per heavy atom. The van der Waals surface area contributed by atoms with Crippen LogP contribution in [0.5, 0.6) is 0 Å². The monoisotopic (exact) mass is 261 g/mol. The maximum Gasteiger partial charge on any atom is 0.130 e. The number of rotatable bonds is 4. The molecule has 0 spiro atoms. The van der Waals surface area contributed by atoms with Gasteiger partial charge in [-0.2, -0.15) is 5.26 Å². The molecule has 0 bridgehead atoms. The summed E-state index contributed by atoms with van der Waals surface area (Å²) in [7, 11) is 0. The Morgan fingerprint density at radius 2 is 2.21 bits per heavy atom. The Balaban J connectivity index is 1.98. The molecule has 0 atom stereocenters. The smallest absolute Gasteiger partial charge is 0.130 e. The van der Waals surface area contributed by atoms with Crippen LogP contribution in [0.2, 0.25) is 0 Å². The number of aryl methyl sites for hydroxylation is 1. The van der Waals surface area contributed by atoms with E-state index in [2.05, 4.69) is 16.0 Å². The molecule has 19 heavy (non-hydrogen) atoms. The summed E-state index contributed by atoms with van der Waals surface area (Å²) < 4.78 is 5.54. The molecule has 0 radical (unpaired) electrons.